The fourth-order valence-electron chi connectivity index (χ4n) is 4.31. The van der Waals surface area contributed by atoms with Gasteiger partial charge in [-0.1, -0.05) is 19.9 Å². The van der Waals surface area contributed by atoms with Crippen molar-refractivity contribution in [1.82, 2.24) is 10.0 Å². The Hall–Kier alpha value is -2.14. The molecule has 142 valence electrons. The largest absolute Gasteiger partial charge is 0.383 e. The molecule has 1 saturated heterocycles. The summed E-state index contributed by atoms with van der Waals surface area (Å²) in [6, 6.07) is 6.25. The van der Waals surface area contributed by atoms with E-state index in [1.807, 2.05) is 22.5 Å². The molecular weight excluding hydrogens is 360 g/mol. The third kappa shape index (κ3) is 3.08. The first kappa shape index (κ1) is 18.2. The highest BCUT2D eigenvalue weighted by Gasteiger charge is 2.46. The minimum absolute atomic E-state index is 0.123. The van der Waals surface area contributed by atoms with Gasteiger partial charge in [0.25, 0.3) is 0 Å². The van der Waals surface area contributed by atoms with Crippen molar-refractivity contribution in [2.75, 3.05) is 26.3 Å². The predicted octanol–water partition coefficient (Wildman–Crippen LogP) is 2.73. The number of hydrogen-bond acceptors (Lipinski definition) is 7. The number of hydrogen-bond donors (Lipinski definition) is 1. The first-order chi connectivity index (χ1) is 12.9. The lowest BCUT2D eigenvalue weighted by Gasteiger charge is -2.48. The lowest BCUT2D eigenvalue weighted by Crippen LogP contribution is -2.53. The van der Waals surface area contributed by atoms with E-state index in [2.05, 4.69) is 24.9 Å². The third-order valence-corrected chi connectivity index (χ3v) is 6.39. The number of morpholine rings is 1. The number of rotatable bonds is 2. The van der Waals surface area contributed by atoms with Crippen LogP contribution in [0.4, 0.5) is 0 Å². The molecule has 1 aromatic heterocycles. The summed E-state index contributed by atoms with van der Waals surface area (Å²) in [5.41, 5.74) is 8.59. The van der Waals surface area contributed by atoms with E-state index in [-0.39, 0.29) is 17.1 Å². The molecule has 6 nitrogen and oxygen atoms in total. The Morgan fingerprint density at radius 2 is 2.07 bits per heavy atom. The van der Waals surface area contributed by atoms with Crippen molar-refractivity contribution >= 4 is 17.1 Å². The fourth-order valence-corrected chi connectivity index (χ4v) is 5.15. The lowest BCUT2D eigenvalue weighted by molar-refractivity contribution is -0.119. The van der Waals surface area contributed by atoms with E-state index < -0.39 is 0 Å². The van der Waals surface area contributed by atoms with Gasteiger partial charge in [-0.05, 0) is 23.3 Å². The van der Waals surface area contributed by atoms with E-state index >= 15 is 0 Å². The van der Waals surface area contributed by atoms with Gasteiger partial charge in [0.15, 0.2) is 5.78 Å². The highest BCUT2D eigenvalue weighted by Crippen LogP contribution is 2.50. The fraction of sp³-hybridized carbons (Fsp3) is 0.500. The molecule has 2 aliphatic heterocycles. The van der Waals surface area contributed by atoms with Crippen LogP contribution in [0.25, 0.3) is 0 Å². The summed E-state index contributed by atoms with van der Waals surface area (Å²) < 4.78 is 5.49. The summed E-state index contributed by atoms with van der Waals surface area (Å²) in [5, 5.41) is 16.0. The summed E-state index contributed by atoms with van der Waals surface area (Å²) in [6.07, 6.45) is 1.25. The van der Waals surface area contributed by atoms with Crippen molar-refractivity contribution < 1.29 is 9.53 Å². The zero-order valence-corrected chi connectivity index (χ0v) is 16.5. The molecule has 4 rings (SSSR count). The molecule has 0 aromatic carbocycles. The van der Waals surface area contributed by atoms with E-state index in [0.717, 1.165) is 22.6 Å². The molecule has 0 unspecified atom stereocenters. The number of ether oxygens (including phenoxy) is 1. The number of ketones is 1. The SMILES string of the molecule is CC1(C)CC(=O)C2=C(C1)N(N1CCOCC1)C(N)=C(C#N)[C@H]2c1cccs1. The number of nitrogens with two attached hydrogens (primary N) is 1. The van der Waals surface area contributed by atoms with Crippen LogP contribution in [0.3, 0.4) is 0 Å². The van der Waals surface area contributed by atoms with Crippen LogP contribution < -0.4 is 5.73 Å². The normalized spacial score (nSPS) is 26.2. The summed E-state index contributed by atoms with van der Waals surface area (Å²) in [4.78, 5) is 14.2. The van der Waals surface area contributed by atoms with Gasteiger partial charge in [0.1, 0.15) is 5.82 Å². The van der Waals surface area contributed by atoms with Crippen LogP contribution in [0.5, 0.6) is 0 Å². The van der Waals surface area contributed by atoms with Crippen molar-refractivity contribution in [2.24, 2.45) is 11.1 Å². The molecular formula is C20H24N4O2S. The number of nitriles is 1. The van der Waals surface area contributed by atoms with Gasteiger partial charge in [-0.15, -0.1) is 11.3 Å². The standard InChI is InChI=1S/C20H24N4O2S/c1-20(2)10-14-18(15(25)11-20)17(16-4-3-9-27-16)13(12-21)19(22)24(14)23-5-7-26-8-6-23/h3-4,9,17H,5-8,10-11,22H2,1-2H3/t17-/m0/s1. The number of hydrazine groups is 1. The maximum absolute atomic E-state index is 13.3. The Balaban J connectivity index is 1.91. The Kier molecular flexibility index (Phi) is 4.58. The van der Waals surface area contributed by atoms with Crippen LogP contribution in [-0.4, -0.2) is 42.1 Å². The van der Waals surface area contributed by atoms with Crippen LogP contribution in [0.15, 0.2) is 40.2 Å². The van der Waals surface area contributed by atoms with Gasteiger partial charge in [0.2, 0.25) is 0 Å². The van der Waals surface area contributed by atoms with Crippen LogP contribution in [0.2, 0.25) is 0 Å². The van der Waals surface area contributed by atoms with E-state index in [0.29, 0.717) is 44.1 Å². The van der Waals surface area contributed by atoms with E-state index in [1.165, 1.54) is 0 Å². The van der Waals surface area contributed by atoms with Crippen LogP contribution in [0, 0.1) is 16.7 Å². The smallest absolute Gasteiger partial charge is 0.162 e. The van der Waals surface area contributed by atoms with Crippen LogP contribution >= 0.6 is 11.3 Å². The lowest BCUT2D eigenvalue weighted by atomic mass is 9.70. The molecule has 0 radical (unpaired) electrons. The molecule has 0 bridgehead atoms. The Labute approximate surface area is 163 Å². The average molecular weight is 385 g/mol. The number of carbonyl (C=O) groups excluding carboxylic acids is 1. The molecule has 3 aliphatic rings. The van der Waals surface area contributed by atoms with Crippen molar-refractivity contribution in [3.05, 3.63) is 45.1 Å². The van der Waals surface area contributed by atoms with Crippen LogP contribution in [-0.2, 0) is 9.53 Å². The average Bonchev–Trinajstić information content (AvgIpc) is 3.14. The quantitative estimate of drug-likeness (QED) is 0.844. The molecule has 3 heterocycles. The second-order valence-electron chi connectivity index (χ2n) is 8.04. The van der Waals surface area contributed by atoms with Gasteiger partial charge in [-0.2, -0.15) is 5.26 Å². The number of nitrogens with zero attached hydrogens (tertiary/aromatic N) is 3. The Morgan fingerprint density at radius 1 is 1.33 bits per heavy atom. The minimum atomic E-state index is -0.356. The van der Waals surface area contributed by atoms with Gasteiger partial charge >= 0.3 is 0 Å². The monoisotopic (exact) mass is 384 g/mol. The number of allylic oxidation sites excluding steroid dienone is 3. The van der Waals surface area contributed by atoms with Crippen molar-refractivity contribution in [2.45, 2.75) is 32.6 Å². The molecule has 2 N–H and O–H groups in total. The summed E-state index contributed by atoms with van der Waals surface area (Å²) in [6.45, 7) is 6.83. The molecule has 1 fully saturated rings. The molecule has 1 atom stereocenters. The predicted molar refractivity (Wildman–Crippen MR) is 103 cm³/mol. The highest BCUT2D eigenvalue weighted by molar-refractivity contribution is 7.10. The molecule has 0 amide bonds. The second kappa shape index (κ2) is 6.79. The van der Waals surface area contributed by atoms with Gasteiger partial charge in [0.05, 0.1) is 30.8 Å². The van der Waals surface area contributed by atoms with Gasteiger partial charge < -0.3 is 10.5 Å². The molecule has 0 spiro atoms. The van der Waals surface area contributed by atoms with Crippen molar-refractivity contribution in [3.63, 3.8) is 0 Å². The summed E-state index contributed by atoms with van der Waals surface area (Å²) in [7, 11) is 0. The second-order valence-corrected chi connectivity index (χ2v) is 9.02. The Bertz CT molecular complexity index is 857. The molecule has 7 heteroatoms. The summed E-state index contributed by atoms with van der Waals surface area (Å²) >= 11 is 1.57. The van der Waals surface area contributed by atoms with E-state index in [4.69, 9.17) is 10.5 Å². The Morgan fingerprint density at radius 3 is 2.70 bits per heavy atom. The van der Waals surface area contributed by atoms with Crippen molar-refractivity contribution in [1.29, 1.82) is 5.26 Å². The first-order valence-corrected chi connectivity index (χ1v) is 10.1. The highest BCUT2D eigenvalue weighted by atomic mass is 32.1. The first-order valence-electron chi connectivity index (χ1n) is 9.25. The maximum atomic E-state index is 13.3. The number of carbonyl (C=O) groups is 1. The van der Waals surface area contributed by atoms with Gasteiger partial charge in [-0.3, -0.25) is 9.80 Å². The zero-order chi connectivity index (χ0) is 19.2. The van der Waals surface area contributed by atoms with E-state index in [1.54, 1.807) is 11.3 Å². The minimum Gasteiger partial charge on any atom is -0.383 e. The zero-order valence-electron chi connectivity index (χ0n) is 15.7. The number of Topliss-reactive ketones (excluding diaryl/α,β-unsaturated/α-hetero) is 1. The van der Waals surface area contributed by atoms with Gasteiger partial charge in [0, 0.05) is 35.7 Å². The summed E-state index contributed by atoms with van der Waals surface area (Å²) in [5.74, 6) is 0.214. The molecule has 27 heavy (non-hydrogen) atoms. The number of thiophene rings is 1. The third-order valence-electron chi connectivity index (χ3n) is 5.45. The molecule has 1 aliphatic carbocycles. The molecule has 0 saturated carbocycles. The maximum Gasteiger partial charge on any atom is 0.162 e. The topological polar surface area (TPSA) is 82.6 Å². The van der Waals surface area contributed by atoms with Gasteiger partial charge in [-0.25, -0.2) is 5.01 Å². The van der Waals surface area contributed by atoms with Crippen molar-refractivity contribution in [3.8, 4) is 6.07 Å². The van der Waals surface area contributed by atoms with E-state index in [9.17, 15) is 10.1 Å². The molecule has 1 aromatic rings. The van der Waals surface area contributed by atoms with Crippen LogP contribution in [0.1, 0.15) is 37.5 Å².